The molecule has 0 aliphatic carbocycles. The van der Waals surface area contributed by atoms with Gasteiger partial charge in [0.15, 0.2) is 0 Å². The largest absolute Gasteiger partial charge is 0.462 e. The van der Waals surface area contributed by atoms with Crippen LogP contribution in [0, 0.1) is 0 Å². The van der Waals surface area contributed by atoms with Crippen LogP contribution in [0.15, 0.2) is 48.5 Å². The second-order valence-electron chi connectivity index (χ2n) is 6.86. The standard InChI is InChI=1S/C21H25N3O6S/c1-5-30-21(27)16-6-10-17(11-7-16)22-19(25)14-24(31(4,28)29)18-12-8-15(9-13-18)20(26)23(2)3/h6-13H,5,14H2,1-4H3,(H,22,25). The first kappa shape index (κ1) is 23.9. The van der Waals surface area contributed by atoms with Gasteiger partial charge in [0.05, 0.1) is 24.1 Å². The fourth-order valence-electron chi connectivity index (χ4n) is 2.66. The summed E-state index contributed by atoms with van der Waals surface area (Å²) in [5, 5.41) is 2.60. The van der Waals surface area contributed by atoms with Crippen molar-refractivity contribution in [2.75, 3.05) is 43.1 Å². The van der Waals surface area contributed by atoms with Crippen LogP contribution in [0.25, 0.3) is 0 Å². The first-order valence-corrected chi connectivity index (χ1v) is 11.2. The number of hydrogen-bond donors (Lipinski definition) is 1. The molecule has 31 heavy (non-hydrogen) atoms. The molecule has 2 aromatic carbocycles. The molecule has 0 bridgehead atoms. The number of benzene rings is 2. The van der Waals surface area contributed by atoms with E-state index in [0.717, 1.165) is 10.6 Å². The third-order valence-electron chi connectivity index (χ3n) is 4.18. The highest BCUT2D eigenvalue weighted by molar-refractivity contribution is 7.92. The van der Waals surface area contributed by atoms with Crippen molar-refractivity contribution < 1.29 is 27.5 Å². The van der Waals surface area contributed by atoms with Crippen LogP contribution >= 0.6 is 0 Å². The monoisotopic (exact) mass is 447 g/mol. The van der Waals surface area contributed by atoms with Crippen molar-refractivity contribution in [1.29, 1.82) is 0 Å². The third kappa shape index (κ3) is 6.54. The van der Waals surface area contributed by atoms with Gasteiger partial charge in [-0.25, -0.2) is 13.2 Å². The van der Waals surface area contributed by atoms with E-state index in [1.807, 2.05) is 0 Å². The summed E-state index contributed by atoms with van der Waals surface area (Å²) in [6.07, 6.45) is 0.993. The van der Waals surface area contributed by atoms with E-state index in [0.29, 0.717) is 16.8 Å². The molecular formula is C21H25N3O6S. The number of amides is 2. The van der Waals surface area contributed by atoms with Gasteiger partial charge in [0.25, 0.3) is 5.91 Å². The van der Waals surface area contributed by atoms with Crippen LogP contribution in [0.4, 0.5) is 11.4 Å². The fraction of sp³-hybridized carbons (Fsp3) is 0.286. The van der Waals surface area contributed by atoms with Crippen LogP contribution in [0.1, 0.15) is 27.6 Å². The number of carbonyl (C=O) groups excluding carboxylic acids is 3. The van der Waals surface area contributed by atoms with Gasteiger partial charge in [-0.3, -0.25) is 13.9 Å². The summed E-state index contributed by atoms with van der Waals surface area (Å²) in [7, 11) is -0.536. The van der Waals surface area contributed by atoms with E-state index in [9.17, 15) is 22.8 Å². The molecular weight excluding hydrogens is 422 g/mol. The Balaban J connectivity index is 2.13. The number of carbonyl (C=O) groups is 3. The van der Waals surface area contributed by atoms with Crippen LogP contribution in [-0.2, 0) is 19.6 Å². The summed E-state index contributed by atoms with van der Waals surface area (Å²) in [5.74, 6) is -1.26. The highest BCUT2D eigenvalue weighted by Crippen LogP contribution is 2.19. The number of nitrogens with zero attached hydrogens (tertiary/aromatic N) is 2. The predicted octanol–water partition coefficient (Wildman–Crippen LogP) is 1.97. The highest BCUT2D eigenvalue weighted by atomic mass is 32.2. The molecule has 9 nitrogen and oxygen atoms in total. The van der Waals surface area contributed by atoms with Crippen LogP contribution in [0.2, 0.25) is 0 Å². The molecule has 0 aromatic heterocycles. The number of hydrogen-bond acceptors (Lipinski definition) is 6. The van der Waals surface area contributed by atoms with Gasteiger partial charge in [-0.15, -0.1) is 0 Å². The quantitative estimate of drug-likeness (QED) is 0.619. The molecule has 0 saturated carbocycles. The Morgan fingerprint density at radius 1 is 0.935 bits per heavy atom. The first-order valence-electron chi connectivity index (χ1n) is 9.39. The van der Waals surface area contributed by atoms with E-state index in [1.165, 1.54) is 53.4 Å². The summed E-state index contributed by atoms with van der Waals surface area (Å²) in [5.41, 5.74) is 1.39. The molecule has 166 valence electrons. The molecule has 0 radical (unpaired) electrons. The van der Waals surface area contributed by atoms with Gasteiger partial charge in [-0.1, -0.05) is 0 Å². The Hall–Kier alpha value is -3.40. The number of nitrogens with one attached hydrogen (secondary N) is 1. The zero-order valence-electron chi connectivity index (χ0n) is 17.8. The van der Waals surface area contributed by atoms with Gasteiger partial charge in [0.2, 0.25) is 15.9 Å². The molecule has 0 aliphatic rings. The SMILES string of the molecule is CCOC(=O)c1ccc(NC(=O)CN(c2ccc(C(=O)N(C)C)cc2)S(C)(=O)=O)cc1. The van der Waals surface area contributed by atoms with Crippen molar-refractivity contribution in [3.63, 3.8) is 0 Å². The molecule has 0 aliphatic heterocycles. The molecule has 0 fully saturated rings. The Bertz CT molecular complexity index is 1050. The minimum Gasteiger partial charge on any atom is -0.462 e. The minimum absolute atomic E-state index is 0.221. The summed E-state index contributed by atoms with van der Waals surface area (Å²) in [4.78, 5) is 37.6. The molecule has 2 aromatic rings. The zero-order chi connectivity index (χ0) is 23.2. The summed E-state index contributed by atoms with van der Waals surface area (Å²) < 4.78 is 30.3. The van der Waals surface area contributed by atoms with Crippen LogP contribution < -0.4 is 9.62 Å². The van der Waals surface area contributed by atoms with E-state index in [2.05, 4.69) is 5.32 Å². The Kier molecular flexibility index (Phi) is 7.76. The molecule has 2 rings (SSSR count). The first-order chi connectivity index (χ1) is 14.5. The molecule has 0 unspecified atom stereocenters. The topological polar surface area (TPSA) is 113 Å². The Morgan fingerprint density at radius 2 is 1.48 bits per heavy atom. The third-order valence-corrected chi connectivity index (χ3v) is 5.32. The second-order valence-corrected chi connectivity index (χ2v) is 8.77. The average Bonchev–Trinajstić information content (AvgIpc) is 2.71. The van der Waals surface area contributed by atoms with Crippen molar-refractivity contribution >= 4 is 39.2 Å². The minimum atomic E-state index is -3.76. The lowest BCUT2D eigenvalue weighted by Gasteiger charge is -2.22. The van der Waals surface area contributed by atoms with Crippen molar-refractivity contribution in [3.8, 4) is 0 Å². The van der Waals surface area contributed by atoms with Crippen LogP contribution in [0.5, 0.6) is 0 Å². The summed E-state index contributed by atoms with van der Waals surface area (Å²) >= 11 is 0. The number of ether oxygens (including phenoxy) is 1. The van der Waals surface area contributed by atoms with Crippen molar-refractivity contribution in [3.05, 3.63) is 59.7 Å². The lowest BCUT2D eigenvalue weighted by molar-refractivity contribution is -0.114. The van der Waals surface area contributed by atoms with E-state index in [1.54, 1.807) is 21.0 Å². The van der Waals surface area contributed by atoms with Gasteiger partial charge < -0.3 is 15.0 Å². The number of esters is 1. The van der Waals surface area contributed by atoms with Gasteiger partial charge in [-0.2, -0.15) is 0 Å². The van der Waals surface area contributed by atoms with Gasteiger partial charge in [0, 0.05) is 25.3 Å². The van der Waals surface area contributed by atoms with Gasteiger partial charge in [0.1, 0.15) is 6.54 Å². The normalized spacial score (nSPS) is 10.8. The maximum absolute atomic E-state index is 12.5. The lowest BCUT2D eigenvalue weighted by Crippen LogP contribution is -2.37. The summed E-state index contributed by atoms with van der Waals surface area (Å²) in [6, 6.07) is 12.0. The summed E-state index contributed by atoms with van der Waals surface area (Å²) in [6.45, 7) is 1.50. The maximum Gasteiger partial charge on any atom is 0.338 e. The molecule has 1 N–H and O–H groups in total. The molecule has 0 heterocycles. The smallest absolute Gasteiger partial charge is 0.338 e. The van der Waals surface area contributed by atoms with E-state index >= 15 is 0 Å². The molecule has 0 atom stereocenters. The molecule has 10 heteroatoms. The van der Waals surface area contributed by atoms with E-state index < -0.39 is 28.4 Å². The molecule has 0 spiro atoms. The van der Waals surface area contributed by atoms with E-state index in [4.69, 9.17) is 4.74 Å². The molecule has 0 saturated heterocycles. The fourth-order valence-corrected chi connectivity index (χ4v) is 3.52. The Morgan fingerprint density at radius 3 is 1.97 bits per heavy atom. The van der Waals surface area contributed by atoms with Crippen LogP contribution in [-0.4, -0.2) is 64.6 Å². The van der Waals surface area contributed by atoms with Crippen molar-refractivity contribution in [2.45, 2.75) is 6.92 Å². The highest BCUT2D eigenvalue weighted by Gasteiger charge is 2.21. The number of rotatable bonds is 8. The Labute approximate surface area is 181 Å². The molecule has 2 amide bonds. The van der Waals surface area contributed by atoms with Gasteiger partial charge >= 0.3 is 5.97 Å². The van der Waals surface area contributed by atoms with Crippen LogP contribution in [0.3, 0.4) is 0 Å². The van der Waals surface area contributed by atoms with Crippen molar-refractivity contribution in [2.24, 2.45) is 0 Å². The van der Waals surface area contributed by atoms with E-state index in [-0.39, 0.29) is 18.2 Å². The number of sulfonamides is 1. The predicted molar refractivity (Wildman–Crippen MR) is 118 cm³/mol. The zero-order valence-corrected chi connectivity index (χ0v) is 18.6. The maximum atomic E-state index is 12.5. The second kappa shape index (κ2) is 10.1. The average molecular weight is 448 g/mol. The lowest BCUT2D eigenvalue weighted by atomic mass is 10.2. The number of anilines is 2. The van der Waals surface area contributed by atoms with Crippen molar-refractivity contribution in [1.82, 2.24) is 4.90 Å². The van der Waals surface area contributed by atoms with Gasteiger partial charge in [-0.05, 0) is 55.5 Å².